The van der Waals surface area contributed by atoms with Gasteiger partial charge in [0.15, 0.2) is 0 Å². The highest BCUT2D eigenvalue weighted by atomic mass is 19.1. The summed E-state index contributed by atoms with van der Waals surface area (Å²) >= 11 is 0. The fourth-order valence-electron chi connectivity index (χ4n) is 2.70. The van der Waals surface area contributed by atoms with Crippen LogP contribution in [0, 0.1) is 12.7 Å². The minimum atomic E-state index is -0.421. The number of halogens is 1. The van der Waals surface area contributed by atoms with E-state index in [2.05, 4.69) is 25.1 Å². The monoisotopic (exact) mass is 329 g/mol. The lowest BCUT2D eigenvalue weighted by Gasteiger charge is -2.35. The van der Waals surface area contributed by atoms with Gasteiger partial charge in [0.25, 0.3) is 0 Å². The Bertz CT molecular complexity index is 716. The number of para-hydroxylation sites is 1. The molecule has 1 aromatic heterocycles. The second kappa shape index (κ2) is 7.35. The SMILES string of the molecule is Cc1cc(N2CCN(CC(=O)Nc3ccccc3F)CC2)ncn1. The molecule has 24 heavy (non-hydrogen) atoms. The zero-order valence-electron chi connectivity index (χ0n) is 13.6. The Morgan fingerprint density at radius 2 is 1.96 bits per heavy atom. The Morgan fingerprint density at radius 3 is 2.67 bits per heavy atom. The molecule has 3 rings (SSSR count). The summed E-state index contributed by atoms with van der Waals surface area (Å²) in [6, 6.07) is 8.14. The van der Waals surface area contributed by atoms with E-state index in [0.717, 1.165) is 37.7 Å². The number of hydrogen-bond donors (Lipinski definition) is 1. The van der Waals surface area contributed by atoms with Gasteiger partial charge in [-0.15, -0.1) is 0 Å². The molecule has 1 fully saturated rings. The van der Waals surface area contributed by atoms with E-state index in [-0.39, 0.29) is 18.1 Å². The minimum absolute atomic E-state index is 0.202. The van der Waals surface area contributed by atoms with E-state index in [0.29, 0.717) is 0 Å². The Balaban J connectivity index is 1.50. The van der Waals surface area contributed by atoms with Gasteiger partial charge in [0.05, 0.1) is 12.2 Å². The second-order valence-electron chi connectivity index (χ2n) is 5.81. The van der Waals surface area contributed by atoms with Gasteiger partial charge in [0.1, 0.15) is 18.0 Å². The van der Waals surface area contributed by atoms with Crippen molar-refractivity contribution in [2.45, 2.75) is 6.92 Å². The summed E-state index contributed by atoms with van der Waals surface area (Å²) in [5.41, 5.74) is 1.16. The van der Waals surface area contributed by atoms with Crippen LogP contribution in [0.25, 0.3) is 0 Å². The van der Waals surface area contributed by atoms with Crippen LogP contribution in [0.1, 0.15) is 5.69 Å². The maximum absolute atomic E-state index is 13.6. The standard InChI is InChI=1S/C17H20FN5O/c1-13-10-16(20-12-19-13)23-8-6-22(7-9-23)11-17(24)21-15-5-3-2-4-14(15)18/h2-5,10,12H,6-9,11H2,1H3,(H,21,24). The van der Waals surface area contributed by atoms with Crippen molar-refractivity contribution in [3.05, 3.63) is 48.2 Å². The highest BCUT2D eigenvalue weighted by molar-refractivity contribution is 5.92. The molecule has 1 amide bonds. The molecule has 0 atom stereocenters. The summed E-state index contributed by atoms with van der Waals surface area (Å²) in [4.78, 5) is 24.7. The first kappa shape index (κ1) is 16.3. The maximum Gasteiger partial charge on any atom is 0.238 e. The quantitative estimate of drug-likeness (QED) is 0.925. The van der Waals surface area contributed by atoms with E-state index in [9.17, 15) is 9.18 Å². The van der Waals surface area contributed by atoms with Crippen LogP contribution in [0.15, 0.2) is 36.7 Å². The normalized spacial score (nSPS) is 15.3. The Hall–Kier alpha value is -2.54. The highest BCUT2D eigenvalue weighted by Crippen LogP contribution is 2.15. The molecule has 126 valence electrons. The van der Waals surface area contributed by atoms with Crippen LogP contribution in [0.3, 0.4) is 0 Å². The number of carbonyl (C=O) groups is 1. The van der Waals surface area contributed by atoms with Gasteiger partial charge in [-0.05, 0) is 19.1 Å². The molecule has 0 radical (unpaired) electrons. The van der Waals surface area contributed by atoms with E-state index in [4.69, 9.17) is 0 Å². The predicted octanol–water partition coefficient (Wildman–Crippen LogP) is 1.68. The minimum Gasteiger partial charge on any atom is -0.354 e. The molecule has 1 aromatic carbocycles. The Labute approximate surface area is 140 Å². The predicted molar refractivity (Wildman–Crippen MR) is 90.5 cm³/mol. The van der Waals surface area contributed by atoms with Gasteiger partial charge in [0.2, 0.25) is 5.91 Å². The average molecular weight is 329 g/mol. The number of rotatable bonds is 4. The number of benzene rings is 1. The molecule has 1 N–H and O–H groups in total. The van der Waals surface area contributed by atoms with Crippen molar-refractivity contribution in [2.24, 2.45) is 0 Å². The summed E-state index contributed by atoms with van der Waals surface area (Å²) in [6.45, 7) is 5.30. The van der Waals surface area contributed by atoms with Gasteiger partial charge in [-0.1, -0.05) is 12.1 Å². The van der Waals surface area contributed by atoms with Crippen molar-refractivity contribution in [2.75, 3.05) is 42.9 Å². The molecule has 1 aliphatic heterocycles. The molecule has 0 saturated carbocycles. The van der Waals surface area contributed by atoms with Crippen molar-refractivity contribution < 1.29 is 9.18 Å². The molecule has 0 unspecified atom stereocenters. The largest absolute Gasteiger partial charge is 0.354 e. The molecule has 6 nitrogen and oxygen atoms in total. The summed E-state index contributed by atoms with van der Waals surface area (Å²) in [5.74, 6) is 0.291. The number of hydrogen-bond acceptors (Lipinski definition) is 5. The molecular weight excluding hydrogens is 309 g/mol. The van der Waals surface area contributed by atoms with Crippen LogP contribution < -0.4 is 10.2 Å². The van der Waals surface area contributed by atoms with E-state index in [1.54, 1.807) is 24.5 Å². The number of nitrogens with one attached hydrogen (secondary N) is 1. The first-order valence-electron chi connectivity index (χ1n) is 7.92. The van der Waals surface area contributed by atoms with E-state index >= 15 is 0 Å². The number of piperazine rings is 1. The smallest absolute Gasteiger partial charge is 0.238 e. The van der Waals surface area contributed by atoms with Gasteiger partial charge < -0.3 is 10.2 Å². The molecule has 0 aliphatic carbocycles. The molecule has 2 heterocycles. The molecule has 0 spiro atoms. The van der Waals surface area contributed by atoms with Crippen molar-refractivity contribution in [1.29, 1.82) is 0 Å². The highest BCUT2D eigenvalue weighted by Gasteiger charge is 2.20. The van der Waals surface area contributed by atoms with Crippen LogP contribution in [-0.2, 0) is 4.79 Å². The number of aromatic nitrogens is 2. The Morgan fingerprint density at radius 1 is 1.21 bits per heavy atom. The number of aryl methyl sites for hydroxylation is 1. The maximum atomic E-state index is 13.6. The zero-order chi connectivity index (χ0) is 16.9. The number of amides is 1. The number of carbonyl (C=O) groups excluding carboxylic acids is 1. The summed E-state index contributed by atoms with van der Waals surface area (Å²) in [5, 5.41) is 2.62. The first-order chi connectivity index (χ1) is 11.6. The molecule has 1 saturated heterocycles. The third-order valence-corrected chi connectivity index (χ3v) is 4.00. The number of anilines is 2. The Kier molecular flexibility index (Phi) is 5.00. The molecule has 1 aliphatic rings. The van der Waals surface area contributed by atoms with Crippen LogP contribution in [0.5, 0.6) is 0 Å². The molecule has 0 bridgehead atoms. The van der Waals surface area contributed by atoms with Crippen LogP contribution in [0.2, 0.25) is 0 Å². The van der Waals surface area contributed by atoms with Crippen molar-refractivity contribution in [3.8, 4) is 0 Å². The third-order valence-electron chi connectivity index (χ3n) is 4.00. The van der Waals surface area contributed by atoms with Crippen LogP contribution in [0.4, 0.5) is 15.9 Å². The van der Waals surface area contributed by atoms with E-state index in [1.165, 1.54) is 6.07 Å². The lowest BCUT2D eigenvalue weighted by Crippen LogP contribution is -2.49. The fourth-order valence-corrected chi connectivity index (χ4v) is 2.70. The number of nitrogens with zero attached hydrogens (tertiary/aromatic N) is 4. The molecular formula is C17H20FN5O. The summed E-state index contributed by atoms with van der Waals surface area (Å²) in [7, 11) is 0. The van der Waals surface area contributed by atoms with Gasteiger partial charge >= 0.3 is 0 Å². The van der Waals surface area contributed by atoms with Gasteiger partial charge in [0, 0.05) is 37.9 Å². The lowest BCUT2D eigenvalue weighted by atomic mass is 10.2. The van der Waals surface area contributed by atoms with Crippen LogP contribution in [-0.4, -0.2) is 53.5 Å². The first-order valence-corrected chi connectivity index (χ1v) is 7.92. The van der Waals surface area contributed by atoms with Gasteiger partial charge in [-0.2, -0.15) is 0 Å². The molecule has 2 aromatic rings. The van der Waals surface area contributed by atoms with Crippen LogP contribution >= 0.6 is 0 Å². The lowest BCUT2D eigenvalue weighted by molar-refractivity contribution is -0.117. The third kappa shape index (κ3) is 4.05. The van der Waals surface area contributed by atoms with Gasteiger partial charge in [-0.3, -0.25) is 9.69 Å². The summed E-state index contributed by atoms with van der Waals surface area (Å²) < 4.78 is 13.6. The van der Waals surface area contributed by atoms with Crippen molar-refractivity contribution in [1.82, 2.24) is 14.9 Å². The van der Waals surface area contributed by atoms with E-state index in [1.807, 2.05) is 13.0 Å². The topological polar surface area (TPSA) is 61.4 Å². The zero-order valence-corrected chi connectivity index (χ0v) is 13.6. The van der Waals surface area contributed by atoms with Crippen molar-refractivity contribution >= 4 is 17.4 Å². The molecule has 7 heteroatoms. The fraction of sp³-hybridized carbons (Fsp3) is 0.353. The second-order valence-corrected chi connectivity index (χ2v) is 5.81. The van der Waals surface area contributed by atoms with E-state index < -0.39 is 5.82 Å². The summed E-state index contributed by atoms with van der Waals surface area (Å²) in [6.07, 6.45) is 1.57. The van der Waals surface area contributed by atoms with Crippen molar-refractivity contribution in [3.63, 3.8) is 0 Å². The average Bonchev–Trinajstić information content (AvgIpc) is 2.58. The van der Waals surface area contributed by atoms with Gasteiger partial charge in [-0.25, -0.2) is 14.4 Å².